The van der Waals surface area contributed by atoms with Gasteiger partial charge < -0.3 is 15.0 Å². The van der Waals surface area contributed by atoms with Crippen molar-refractivity contribution in [3.8, 4) is 0 Å². The molecule has 1 aliphatic heterocycles. The molecule has 4 rings (SSSR count). The molecule has 2 fully saturated rings. The highest BCUT2D eigenvalue weighted by atomic mass is 16.5. The summed E-state index contributed by atoms with van der Waals surface area (Å²) in [4.78, 5) is 14.5. The number of carbonyl (C=O) groups excluding carboxylic acids is 1. The summed E-state index contributed by atoms with van der Waals surface area (Å²) in [6.07, 6.45) is 4.76. The molecule has 0 spiro atoms. The Morgan fingerprint density at radius 2 is 2.16 bits per heavy atom. The minimum absolute atomic E-state index is 0.0135. The molecule has 2 aliphatic rings. The number of hydrogen-bond donors (Lipinski definition) is 1. The number of nitrogens with one attached hydrogen (secondary N) is 1. The molecule has 1 aromatic heterocycles. The van der Waals surface area contributed by atoms with Gasteiger partial charge in [0.2, 0.25) is 0 Å². The number of hydrogen-bond acceptors (Lipinski definition) is 3. The van der Waals surface area contributed by atoms with Gasteiger partial charge in [0.1, 0.15) is 6.10 Å². The summed E-state index contributed by atoms with van der Waals surface area (Å²) in [6, 6.07) is 10.7. The first-order valence-corrected chi connectivity index (χ1v) is 8.99. The van der Waals surface area contributed by atoms with Gasteiger partial charge in [-0.05, 0) is 18.9 Å². The fourth-order valence-corrected chi connectivity index (χ4v) is 3.43. The molecule has 1 aliphatic carbocycles. The van der Waals surface area contributed by atoms with E-state index >= 15 is 0 Å². The number of carbonyl (C=O) groups is 1. The van der Waals surface area contributed by atoms with Crippen molar-refractivity contribution in [3.05, 3.63) is 53.9 Å². The van der Waals surface area contributed by atoms with Gasteiger partial charge >= 0.3 is 6.03 Å². The zero-order valence-electron chi connectivity index (χ0n) is 14.5. The fourth-order valence-electron chi connectivity index (χ4n) is 3.43. The Kier molecular flexibility index (Phi) is 4.44. The zero-order chi connectivity index (χ0) is 17.2. The summed E-state index contributed by atoms with van der Waals surface area (Å²) in [7, 11) is 0. The smallest absolute Gasteiger partial charge is 0.317 e. The summed E-state index contributed by atoms with van der Waals surface area (Å²) >= 11 is 0. The zero-order valence-corrected chi connectivity index (χ0v) is 14.5. The highest BCUT2D eigenvalue weighted by molar-refractivity contribution is 5.75. The first kappa shape index (κ1) is 16.1. The third-order valence-corrected chi connectivity index (χ3v) is 5.03. The van der Waals surface area contributed by atoms with Crippen LogP contribution in [0.25, 0.3) is 0 Å². The van der Waals surface area contributed by atoms with Gasteiger partial charge in [0, 0.05) is 36.8 Å². The number of urea groups is 1. The maximum Gasteiger partial charge on any atom is 0.317 e. The van der Waals surface area contributed by atoms with Crippen molar-refractivity contribution < 1.29 is 9.53 Å². The summed E-state index contributed by atoms with van der Waals surface area (Å²) in [5.41, 5.74) is 2.34. The van der Waals surface area contributed by atoms with E-state index in [9.17, 15) is 4.79 Å². The Labute approximate surface area is 147 Å². The third kappa shape index (κ3) is 3.54. The lowest BCUT2D eigenvalue weighted by Crippen LogP contribution is -2.47. The van der Waals surface area contributed by atoms with Crippen molar-refractivity contribution in [1.82, 2.24) is 20.0 Å². The number of aromatic nitrogens is 2. The Morgan fingerprint density at radius 3 is 2.92 bits per heavy atom. The van der Waals surface area contributed by atoms with Crippen LogP contribution < -0.4 is 5.32 Å². The van der Waals surface area contributed by atoms with Crippen LogP contribution in [0.2, 0.25) is 0 Å². The van der Waals surface area contributed by atoms with Crippen molar-refractivity contribution in [3.63, 3.8) is 0 Å². The van der Waals surface area contributed by atoms with E-state index in [1.165, 1.54) is 5.56 Å². The van der Waals surface area contributed by atoms with Gasteiger partial charge in [-0.15, -0.1) is 0 Å². The fraction of sp³-hybridized carbons (Fsp3) is 0.474. The van der Waals surface area contributed by atoms with E-state index in [4.69, 9.17) is 4.74 Å². The number of amides is 2. The van der Waals surface area contributed by atoms with E-state index in [-0.39, 0.29) is 18.2 Å². The van der Waals surface area contributed by atoms with E-state index < -0.39 is 0 Å². The van der Waals surface area contributed by atoms with Gasteiger partial charge in [0.25, 0.3) is 0 Å². The third-order valence-electron chi connectivity index (χ3n) is 5.03. The molecular weight excluding hydrogens is 316 g/mol. The maximum absolute atomic E-state index is 12.6. The van der Waals surface area contributed by atoms with E-state index in [2.05, 4.69) is 41.6 Å². The predicted molar refractivity (Wildman–Crippen MR) is 94.3 cm³/mol. The molecule has 2 heterocycles. The molecule has 132 valence electrons. The van der Waals surface area contributed by atoms with E-state index in [1.54, 1.807) is 0 Å². The topological polar surface area (TPSA) is 59.4 Å². The van der Waals surface area contributed by atoms with Crippen molar-refractivity contribution in [2.45, 2.75) is 38.0 Å². The van der Waals surface area contributed by atoms with Gasteiger partial charge in [-0.2, -0.15) is 5.10 Å². The van der Waals surface area contributed by atoms with Crippen LogP contribution in [0.15, 0.2) is 42.7 Å². The van der Waals surface area contributed by atoms with Crippen LogP contribution in [0.4, 0.5) is 4.79 Å². The lowest BCUT2D eigenvalue weighted by molar-refractivity contribution is -0.0155. The maximum atomic E-state index is 12.6. The van der Waals surface area contributed by atoms with Crippen LogP contribution >= 0.6 is 0 Å². The van der Waals surface area contributed by atoms with Crippen LogP contribution in [-0.4, -0.2) is 46.4 Å². The molecular formula is C19H24N4O2. The standard InChI is InChI=1S/C19H24N4O2/c1-2-23-12-15(11-20-23)18-13-22(8-9-25-18)19(24)21-17-10-16(17)14-6-4-3-5-7-14/h3-7,11-12,16-18H,2,8-10,13H2,1H3,(H,21,24)/t16-,17-,18-/m0/s1. The van der Waals surface area contributed by atoms with E-state index in [1.807, 2.05) is 28.0 Å². The van der Waals surface area contributed by atoms with Crippen molar-refractivity contribution >= 4 is 6.03 Å². The van der Waals surface area contributed by atoms with Gasteiger partial charge in [-0.3, -0.25) is 4.68 Å². The van der Waals surface area contributed by atoms with Gasteiger partial charge in [0.15, 0.2) is 0 Å². The quantitative estimate of drug-likeness (QED) is 0.930. The molecule has 2 amide bonds. The SMILES string of the molecule is CCn1cc([C@@H]2CN(C(=O)N[C@H]3C[C@H]3c3ccccc3)CCO2)cn1. The van der Waals surface area contributed by atoms with E-state index in [0.717, 1.165) is 18.5 Å². The highest BCUT2D eigenvalue weighted by Gasteiger charge is 2.40. The number of aryl methyl sites for hydroxylation is 1. The Balaban J connectivity index is 1.33. The molecule has 2 aromatic rings. The van der Waals surface area contributed by atoms with E-state index in [0.29, 0.717) is 25.6 Å². The number of ether oxygens (including phenoxy) is 1. The molecule has 6 heteroatoms. The summed E-state index contributed by atoms with van der Waals surface area (Å²) < 4.78 is 7.72. The number of rotatable bonds is 4. The van der Waals surface area contributed by atoms with Crippen LogP contribution in [0.3, 0.4) is 0 Å². The van der Waals surface area contributed by atoms with Crippen molar-refractivity contribution in [2.75, 3.05) is 19.7 Å². The minimum atomic E-state index is -0.0936. The molecule has 0 bridgehead atoms. The Hall–Kier alpha value is -2.34. The molecule has 6 nitrogen and oxygen atoms in total. The average Bonchev–Trinajstić information content (AvgIpc) is 3.26. The van der Waals surface area contributed by atoms with Crippen molar-refractivity contribution in [2.24, 2.45) is 0 Å². The molecule has 1 saturated heterocycles. The van der Waals surface area contributed by atoms with Gasteiger partial charge in [0.05, 0.1) is 19.3 Å². The summed E-state index contributed by atoms with van der Waals surface area (Å²) in [6.45, 7) is 4.65. The van der Waals surface area contributed by atoms with Gasteiger partial charge in [-0.1, -0.05) is 30.3 Å². The Bertz CT molecular complexity index is 730. The second kappa shape index (κ2) is 6.88. The Morgan fingerprint density at radius 1 is 1.32 bits per heavy atom. The van der Waals surface area contributed by atoms with Crippen LogP contribution in [0, 0.1) is 0 Å². The highest BCUT2D eigenvalue weighted by Crippen LogP contribution is 2.40. The van der Waals surface area contributed by atoms with Crippen LogP contribution in [-0.2, 0) is 11.3 Å². The molecule has 1 N–H and O–H groups in total. The molecule has 0 unspecified atom stereocenters. The van der Waals surface area contributed by atoms with Gasteiger partial charge in [-0.25, -0.2) is 4.79 Å². The average molecular weight is 340 g/mol. The number of benzene rings is 1. The lowest BCUT2D eigenvalue weighted by Gasteiger charge is -2.32. The first-order valence-electron chi connectivity index (χ1n) is 8.99. The van der Waals surface area contributed by atoms with Crippen molar-refractivity contribution in [1.29, 1.82) is 0 Å². The molecule has 25 heavy (non-hydrogen) atoms. The summed E-state index contributed by atoms with van der Waals surface area (Å²) in [5.74, 6) is 0.449. The normalized spacial score (nSPS) is 25.6. The number of nitrogens with zero attached hydrogens (tertiary/aromatic N) is 3. The first-order chi connectivity index (χ1) is 12.2. The van der Waals surface area contributed by atoms with Crippen LogP contribution in [0.1, 0.15) is 36.5 Å². The molecule has 3 atom stereocenters. The minimum Gasteiger partial charge on any atom is -0.370 e. The molecule has 1 aromatic carbocycles. The monoisotopic (exact) mass is 340 g/mol. The second-order valence-electron chi connectivity index (χ2n) is 6.74. The second-order valence-corrected chi connectivity index (χ2v) is 6.74. The predicted octanol–water partition coefficient (Wildman–Crippen LogP) is 2.54. The van der Waals surface area contributed by atoms with Crippen LogP contribution in [0.5, 0.6) is 0 Å². The largest absolute Gasteiger partial charge is 0.370 e. The number of morpholine rings is 1. The summed E-state index contributed by atoms with van der Waals surface area (Å²) in [5, 5.41) is 7.47. The lowest BCUT2D eigenvalue weighted by atomic mass is 10.1. The molecule has 1 saturated carbocycles. The molecule has 0 radical (unpaired) electrons.